The van der Waals surface area contributed by atoms with Gasteiger partial charge >= 0.3 is 0 Å². The van der Waals surface area contributed by atoms with E-state index in [0.717, 1.165) is 0 Å². The fourth-order valence-corrected chi connectivity index (χ4v) is 5.57. The van der Waals surface area contributed by atoms with Gasteiger partial charge in [-0.15, -0.1) is 11.3 Å². The molecule has 0 bridgehead atoms. The molecule has 1 fully saturated rings. The van der Waals surface area contributed by atoms with Gasteiger partial charge in [0.2, 0.25) is 0 Å². The molecule has 0 atom stereocenters. The van der Waals surface area contributed by atoms with Crippen LogP contribution in [-0.2, 0) is 14.8 Å². The van der Waals surface area contributed by atoms with Gasteiger partial charge < -0.3 is 4.74 Å². The molecule has 0 amide bonds. The Morgan fingerprint density at radius 2 is 2.12 bits per heavy atom. The molecule has 1 aliphatic rings. The summed E-state index contributed by atoms with van der Waals surface area (Å²) in [7, 11) is -3.44. The van der Waals surface area contributed by atoms with Crippen LogP contribution in [-0.4, -0.2) is 27.2 Å². The van der Waals surface area contributed by atoms with Crippen molar-refractivity contribution in [3.63, 3.8) is 0 Å². The predicted octanol–water partition coefficient (Wildman–Crippen LogP) is 2.36. The van der Waals surface area contributed by atoms with E-state index in [2.05, 4.69) is 20.7 Å². The Kier molecular flexibility index (Phi) is 3.94. The Labute approximate surface area is 114 Å². The molecule has 4 nitrogen and oxygen atoms in total. The molecule has 7 heteroatoms. The van der Waals surface area contributed by atoms with E-state index in [0.29, 0.717) is 34.7 Å². The van der Waals surface area contributed by atoms with E-state index >= 15 is 0 Å². The third-order valence-electron chi connectivity index (χ3n) is 2.81. The number of hydrogen-bond donors (Lipinski definition) is 1. The van der Waals surface area contributed by atoms with Crippen LogP contribution in [0.1, 0.15) is 19.8 Å². The van der Waals surface area contributed by atoms with Crippen molar-refractivity contribution in [2.24, 2.45) is 0 Å². The Bertz CT molecular complexity index is 491. The van der Waals surface area contributed by atoms with E-state index < -0.39 is 15.6 Å². The lowest BCUT2D eigenvalue weighted by atomic mass is 9.94. The fourth-order valence-electron chi connectivity index (χ4n) is 1.77. The number of hydrogen-bond acceptors (Lipinski definition) is 4. The van der Waals surface area contributed by atoms with E-state index in [-0.39, 0.29) is 0 Å². The number of rotatable bonds is 3. The van der Waals surface area contributed by atoms with Crippen LogP contribution in [0, 0.1) is 0 Å². The number of halogens is 1. The van der Waals surface area contributed by atoms with Crippen LogP contribution < -0.4 is 4.72 Å². The summed E-state index contributed by atoms with van der Waals surface area (Å²) in [6.07, 6.45) is 1.41. The average molecular weight is 340 g/mol. The Hall–Kier alpha value is 0.0500. The molecule has 1 aliphatic heterocycles. The molecule has 2 rings (SSSR count). The van der Waals surface area contributed by atoms with Crippen LogP contribution in [0.15, 0.2) is 20.1 Å². The minimum absolute atomic E-state index is 0.338. The van der Waals surface area contributed by atoms with Gasteiger partial charge in [0.05, 0.1) is 0 Å². The van der Waals surface area contributed by atoms with Gasteiger partial charge in [0.1, 0.15) is 4.21 Å². The molecule has 0 aliphatic carbocycles. The Morgan fingerprint density at radius 3 is 2.65 bits per heavy atom. The highest BCUT2D eigenvalue weighted by Crippen LogP contribution is 2.30. The summed E-state index contributed by atoms with van der Waals surface area (Å²) in [5.41, 5.74) is -0.402. The summed E-state index contributed by atoms with van der Waals surface area (Å²) in [6.45, 7) is 3.13. The predicted molar refractivity (Wildman–Crippen MR) is 70.8 cm³/mol. The highest BCUT2D eigenvalue weighted by molar-refractivity contribution is 9.10. The van der Waals surface area contributed by atoms with Crippen LogP contribution in [0.25, 0.3) is 0 Å². The molecular formula is C10H14BrNO3S2. The molecule has 1 saturated heterocycles. The van der Waals surface area contributed by atoms with Crippen molar-refractivity contribution in [1.29, 1.82) is 0 Å². The molecular weight excluding hydrogens is 326 g/mol. The molecule has 2 heterocycles. The first-order valence-corrected chi connectivity index (χ1v) is 8.43. The fraction of sp³-hybridized carbons (Fsp3) is 0.600. The molecule has 1 N–H and O–H groups in total. The lowest BCUT2D eigenvalue weighted by Crippen LogP contribution is -2.49. The molecule has 0 aromatic carbocycles. The second kappa shape index (κ2) is 4.97. The summed E-state index contributed by atoms with van der Waals surface area (Å²) in [6, 6.07) is 1.74. The first-order chi connectivity index (χ1) is 7.93. The summed E-state index contributed by atoms with van der Waals surface area (Å²) in [5, 5.41) is 1.75. The molecule has 0 radical (unpaired) electrons. The topological polar surface area (TPSA) is 55.4 Å². The van der Waals surface area contributed by atoms with Crippen molar-refractivity contribution in [3.05, 3.63) is 15.9 Å². The van der Waals surface area contributed by atoms with Crippen molar-refractivity contribution in [2.45, 2.75) is 29.5 Å². The Balaban J connectivity index is 2.20. The van der Waals surface area contributed by atoms with Crippen LogP contribution in [0.2, 0.25) is 0 Å². The SMILES string of the molecule is CC1(NS(=O)(=O)c2sccc2Br)CCOCC1. The zero-order chi connectivity index (χ0) is 12.5. The van der Waals surface area contributed by atoms with Crippen molar-refractivity contribution >= 4 is 37.3 Å². The molecule has 0 unspecified atom stereocenters. The minimum atomic E-state index is -3.44. The third kappa shape index (κ3) is 3.08. The van der Waals surface area contributed by atoms with E-state index in [1.807, 2.05) is 6.92 Å². The maximum atomic E-state index is 12.2. The van der Waals surface area contributed by atoms with E-state index in [1.54, 1.807) is 11.4 Å². The van der Waals surface area contributed by atoms with E-state index in [1.165, 1.54) is 11.3 Å². The van der Waals surface area contributed by atoms with Gasteiger partial charge in [-0.3, -0.25) is 0 Å². The summed E-state index contributed by atoms with van der Waals surface area (Å²) < 4.78 is 33.4. The number of thiophene rings is 1. The van der Waals surface area contributed by atoms with E-state index in [9.17, 15) is 8.42 Å². The zero-order valence-corrected chi connectivity index (χ0v) is 12.6. The maximum absolute atomic E-state index is 12.2. The average Bonchev–Trinajstić information content (AvgIpc) is 2.64. The third-order valence-corrected chi connectivity index (χ3v) is 7.11. The highest BCUT2D eigenvalue weighted by atomic mass is 79.9. The van der Waals surface area contributed by atoms with Crippen molar-refractivity contribution in [2.75, 3.05) is 13.2 Å². The first kappa shape index (κ1) is 13.5. The normalized spacial score (nSPS) is 20.4. The largest absolute Gasteiger partial charge is 0.381 e. The maximum Gasteiger partial charge on any atom is 0.251 e. The molecule has 17 heavy (non-hydrogen) atoms. The molecule has 1 aromatic rings. The number of ether oxygens (including phenoxy) is 1. The summed E-state index contributed by atoms with van der Waals surface area (Å²) in [5.74, 6) is 0. The monoisotopic (exact) mass is 339 g/mol. The lowest BCUT2D eigenvalue weighted by molar-refractivity contribution is 0.0538. The number of sulfonamides is 1. The van der Waals surface area contributed by atoms with Gasteiger partial charge in [0.15, 0.2) is 0 Å². The van der Waals surface area contributed by atoms with E-state index in [4.69, 9.17) is 4.74 Å². The highest BCUT2D eigenvalue weighted by Gasteiger charge is 2.33. The van der Waals surface area contributed by atoms with Gasteiger partial charge in [-0.05, 0) is 47.1 Å². The smallest absolute Gasteiger partial charge is 0.251 e. The summed E-state index contributed by atoms with van der Waals surface area (Å²) in [4.78, 5) is 0. The van der Waals surface area contributed by atoms with Crippen molar-refractivity contribution in [1.82, 2.24) is 4.72 Å². The molecule has 96 valence electrons. The van der Waals surface area contributed by atoms with Crippen molar-refractivity contribution in [3.8, 4) is 0 Å². The zero-order valence-electron chi connectivity index (χ0n) is 9.40. The summed E-state index contributed by atoms with van der Waals surface area (Å²) >= 11 is 4.47. The second-order valence-electron chi connectivity index (χ2n) is 4.33. The number of nitrogens with one attached hydrogen (secondary N) is 1. The minimum Gasteiger partial charge on any atom is -0.381 e. The van der Waals surface area contributed by atoms with Gasteiger partial charge in [-0.25, -0.2) is 13.1 Å². The molecule has 0 spiro atoms. The van der Waals surface area contributed by atoms with Gasteiger partial charge in [-0.1, -0.05) is 0 Å². The molecule has 1 aromatic heterocycles. The van der Waals surface area contributed by atoms with Gasteiger partial charge in [-0.2, -0.15) is 0 Å². The second-order valence-corrected chi connectivity index (χ2v) is 7.98. The van der Waals surface area contributed by atoms with Crippen LogP contribution >= 0.6 is 27.3 Å². The van der Waals surface area contributed by atoms with Crippen LogP contribution in [0.3, 0.4) is 0 Å². The Morgan fingerprint density at radius 1 is 1.47 bits per heavy atom. The van der Waals surface area contributed by atoms with Crippen molar-refractivity contribution < 1.29 is 13.2 Å². The van der Waals surface area contributed by atoms with Gasteiger partial charge in [0, 0.05) is 23.2 Å². The quantitative estimate of drug-likeness (QED) is 0.919. The molecule has 0 saturated carbocycles. The first-order valence-electron chi connectivity index (χ1n) is 5.28. The van der Waals surface area contributed by atoms with Gasteiger partial charge in [0.25, 0.3) is 10.0 Å². The lowest BCUT2D eigenvalue weighted by Gasteiger charge is -2.33. The van der Waals surface area contributed by atoms with Crippen LogP contribution in [0.5, 0.6) is 0 Å². The van der Waals surface area contributed by atoms with Crippen LogP contribution in [0.4, 0.5) is 0 Å². The standard InChI is InChI=1S/C10H14BrNO3S2/c1-10(3-5-15-6-4-10)12-17(13,14)9-8(11)2-7-16-9/h2,7,12H,3-6H2,1H3.